The predicted molar refractivity (Wildman–Crippen MR) is 188 cm³/mol. The number of nitrogens with zero attached hydrogens (tertiary/aromatic N) is 4. The molecule has 0 atom stereocenters. The van der Waals surface area contributed by atoms with Gasteiger partial charge in [-0.1, -0.05) is 91.0 Å². The van der Waals surface area contributed by atoms with E-state index in [2.05, 4.69) is 119 Å². The first-order valence-corrected chi connectivity index (χ1v) is 15.3. The lowest BCUT2D eigenvalue weighted by molar-refractivity contribution is 1.31. The molecule has 0 unspecified atom stereocenters. The molecule has 0 spiro atoms. The first-order valence-electron chi connectivity index (χ1n) is 15.3. The minimum Gasteiger partial charge on any atom is -0.265 e. The van der Waals surface area contributed by atoms with E-state index in [1.165, 1.54) is 5.39 Å². The van der Waals surface area contributed by atoms with Crippen molar-refractivity contribution < 1.29 is 0 Å². The molecule has 0 aliphatic carbocycles. The topological polar surface area (TPSA) is 51.6 Å². The minimum absolute atomic E-state index is 0.903. The van der Waals surface area contributed by atoms with Gasteiger partial charge in [0.05, 0.1) is 22.8 Å². The SMILES string of the molecule is c1ccc(-c2cccc(-c3cc(-c4ccc(-c5cc6ccccc6cn5)cc4)cc(-c4cccc(-c5ccncc5)c4)n3)c2)nc1. The third kappa shape index (κ3) is 5.56. The van der Waals surface area contributed by atoms with Gasteiger partial charge >= 0.3 is 0 Å². The summed E-state index contributed by atoms with van der Waals surface area (Å²) < 4.78 is 0. The Kier molecular flexibility index (Phi) is 7.14. The van der Waals surface area contributed by atoms with Crippen LogP contribution in [0.2, 0.25) is 0 Å². The van der Waals surface area contributed by atoms with Crippen molar-refractivity contribution in [2.45, 2.75) is 0 Å². The number of hydrogen-bond acceptors (Lipinski definition) is 4. The van der Waals surface area contributed by atoms with Gasteiger partial charge in [0.1, 0.15) is 0 Å². The number of hydrogen-bond donors (Lipinski definition) is 0. The van der Waals surface area contributed by atoms with Crippen LogP contribution in [-0.4, -0.2) is 19.9 Å². The Labute approximate surface area is 267 Å². The molecular formula is C42H28N4. The standard InChI is InChI=1S/C42H28N4/c1-2-8-37-28-45-40(25-33(37)7-1)31-16-14-29(15-17-31)38-26-41(35-11-5-9-32(23-35)30-18-21-43-22-19-30)46-42(27-38)36-12-6-10-34(24-36)39-13-3-4-20-44-39/h1-28H. The van der Waals surface area contributed by atoms with Gasteiger partial charge in [0.15, 0.2) is 0 Å². The van der Waals surface area contributed by atoms with Gasteiger partial charge in [-0.2, -0.15) is 0 Å². The molecule has 216 valence electrons. The highest BCUT2D eigenvalue weighted by Crippen LogP contribution is 2.34. The molecule has 4 nitrogen and oxygen atoms in total. The van der Waals surface area contributed by atoms with Crippen LogP contribution in [0.15, 0.2) is 170 Å². The van der Waals surface area contributed by atoms with E-state index in [1.54, 1.807) is 0 Å². The van der Waals surface area contributed by atoms with Crippen LogP contribution in [0.1, 0.15) is 0 Å². The van der Waals surface area contributed by atoms with Crippen LogP contribution in [0.3, 0.4) is 0 Å². The summed E-state index contributed by atoms with van der Waals surface area (Å²) in [5.41, 5.74) is 12.4. The summed E-state index contributed by atoms with van der Waals surface area (Å²) in [4.78, 5) is 18.7. The molecule has 0 aliphatic rings. The number of fused-ring (bicyclic) bond motifs is 1. The Bertz CT molecular complexity index is 2200. The fourth-order valence-electron chi connectivity index (χ4n) is 5.84. The minimum atomic E-state index is 0.903. The Morgan fingerprint density at radius 1 is 0.304 bits per heavy atom. The van der Waals surface area contributed by atoms with E-state index in [-0.39, 0.29) is 0 Å². The van der Waals surface area contributed by atoms with E-state index < -0.39 is 0 Å². The van der Waals surface area contributed by atoms with Crippen LogP contribution in [0, 0.1) is 0 Å². The van der Waals surface area contributed by atoms with Gasteiger partial charge in [0.2, 0.25) is 0 Å². The Balaban J connectivity index is 1.23. The zero-order valence-corrected chi connectivity index (χ0v) is 25.0. The maximum Gasteiger partial charge on any atom is 0.0715 e. The molecule has 0 bridgehead atoms. The van der Waals surface area contributed by atoms with E-state index in [0.29, 0.717) is 0 Å². The van der Waals surface area contributed by atoms with E-state index in [4.69, 9.17) is 9.97 Å². The highest BCUT2D eigenvalue weighted by Gasteiger charge is 2.12. The summed E-state index contributed by atoms with van der Waals surface area (Å²) in [6.07, 6.45) is 7.42. The van der Waals surface area contributed by atoms with Crippen LogP contribution >= 0.6 is 0 Å². The van der Waals surface area contributed by atoms with Crippen molar-refractivity contribution in [2.24, 2.45) is 0 Å². The molecule has 0 aliphatic heterocycles. The number of benzene rings is 4. The lowest BCUT2D eigenvalue weighted by Gasteiger charge is -2.13. The summed E-state index contributed by atoms with van der Waals surface area (Å²) in [7, 11) is 0. The van der Waals surface area contributed by atoms with Crippen molar-refractivity contribution in [3.8, 4) is 67.3 Å². The van der Waals surface area contributed by atoms with E-state index >= 15 is 0 Å². The summed E-state index contributed by atoms with van der Waals surface area (Å²) in [5.74, 6) is 0. The second-order valence-electron chi connectivity index (χ2n) is 11.2. The monoisotopic (exact) mass is 588 g/mol. The van der Waals surface area contributed by atoms with Crippen molar-refractivity contribution in [1.82, 2.24) is 19.9 Å². The first kappa shape index (κ1) is 27.3. The molecule has 4 heterocycles. The third-order valence-corrected chi connectivity index (χ3v) is 8.26. The third-order valence-electron chi connectivity index (χ3n) is 8.26. The Morgan fingerprint density at radius 2 is 0.913 bits per heavy atom. The van der Waals surface area contributed by atoms with Crippen molar-refractivity contribution in [3.63, 3.8) is 0 Å². The normalized spacial score (nSPS) is 11.0. The van der Waals surface area contributed by atoms with Gasteiger partial charge in [-0.25, -0.2) is 4.98 Å². The molecule has 46 heavy (non-hydrogen) atoms. The molecule has 0 radical (unpaired) electrons. The fourth-order valence-corrected chi connectivity index (χ4v) is 5.84. The second-order valence-corrected chi connectivity index (χ2v) is 11.2. The largest absolute Gasteiger partial charge is 0.265 e. The second kappa shape index (κ2) is 12.0. The van der Waals surface area contributed by atoms with Crippen LogP contribution in [0.5, 0.6) is 0 Å². The maximum atomic E-state index is 5.22. The van der Waals surface area contributed by atoms with Gasteiger partial charge < -0.3 is 0 Å². The molecule has 4 aromatic heterocycles. The first-order chi connectivity index (χ1) is 22.8. The molecular weight excluding hydrogens is 560 g/mol. The van der Waals surface area contributed by atoms with Crippen LogP contribution in [0.4, 0.5) is 0 Å². The average molecular weight is 589 g/mol. The quantitative estimate of drug-likeness (QED) is 0.194. The maximum absolute atomic E-state index is 5.22. The summed E-state index contributed by atoms with van der Waals surface area (Å²) in [6, 6.07) is 50.5. The molecule has 0 saturated heterocycles. The lowest BCUT2D eigenvalue weighted by Crippen LogP contribution is -1.93. The fraction of sp³-hybridized carbons (Fsp3) is 0. The average Bonchev–Trinajstić information content (AvgIpc) is 3.15. The summed E-state index contributed by atoms with van der Waals surface area (Å²) >= 11 is 0. The van der Waals surface area contributed by atoms with Gasteiger partial charge in [-0.05, 0) is 82.2 Å². The molecule has 0 saturated carbocycles. The molecule has 0 fully saturated rings. The van der Waals surface area contributed by atoms with Gasteiger partial charge in [0.25, 0.3) is 0 Å². The molecule has 0 amide bonds. The molecule has 8 rings (SSSR count). The smallest absolute Gasteiger partial charge is 0.0715 e. The van der Waals surface area contributed by atoms with Crippen molar-refractivity contribution in [1.29, 1.82) is 0 Å². The van der Waals surface area contributed by atoms with E-state index in [9.17, 15) is 0 Å². The lowest BCUT2D eigenvalue weighted by atomic mass is 9.96. The highest BCUT2D eigenvalue weighted by molar-refractivity contribution is 5.86. The highest BCUT2D eigenvalue weighted by atomic mass is 14.7. The zero-order valence-electron chi connectivity index (χ0n) is 25.0. The molecule has 8 aromatic rings. The van der Waals surface area contributed by atoms with Crippen LogP contribution in [0.25, 0.3) is 78.1 Å². The summed E-state index contributed by atoms with van der Waals surface area (Å²) in [6.45, 7) is 0. The Morgan fingerprint density at radius 3 is 1.63 bits per heavy atom. The van der Waals surface area contributed by atoms with Crippen LogP contribution < -0.4 is 0 Å². The molecule has 0 N–H and O–H groups in total. The Hall–Kier alpha value is -6.26. The molecule has 4 heteroatoms. The van der Waals surface area contributed by atoms with Crippen molar-refractivity contribution in [2.75, 3.05) is 0 Å². The predicted octanol–water partition coefficient (Wildman–Crippen LogP) is 10.4. The number of rotatable bonds is 6. The van der Waals surface area contributed by atoms with Crippen LogP contribution in [-0.2, 0) is 0 Å². The zero-order chi connectivity index (χ0) is 30.7. The van der Waals surface area contributed by atoms with E-state index in [0.717, 1.165) is 72.7 Å². The summed E-state index contributed by atoms with van der Waals surface area (Å²) in [5, 5.41) is 2.32. The van der Waals surface area contributed by atoms with E-state index in [1.807, 2.05) is 61.2 Å². The number of aromatic nitrogens is 4. The van der Waals surface area contributed by atoms with Gasteiger partial charge in [0, 0.05) is 52.4 Å². The van der Waals surface area contributed by atoms with Gasteiger partial charge in [-0.3, -0.25) is 15.0 Å². The van der Waals surface area contributed by atoms with Crippen molar-refractivity contribution >= 4 is 10.8 Å². The van der Waals surface area contributed by atoms with Crippen molar-refractivity contribution in [3.05, 3.63) is 170 Å². The van der Waals surface area contributed by atoms with Gasteiger partial charge in [-0.15, -0.1) is 0 Å². The molecule has 4 aromatic carbocycles. The number of pyridine rings is 4.